The van der Waals surface area contributed by atoms with Crippen LogP contribution in [0, 0.1) is 5.92 Å². The van der Waals surface area contributed by atoms with Crippen molar-refractivity contribution >= 4 is 22.0 Å². The van der Waals surface area contributed by atoms with Crippen LogP contribution in [-0.2, 0) is 10.2 Å². The van der Waals surface area contributed by atoms with Crippen LogP contribution < -0.4 is 5.32 Å². The molecule has 0 aromatic rings. The molecule has 1 heterocycles. The first-order valence-electron chi connectivity index (χ1n) is 7.74. The molecule has 1 rings (SSSR count). The Hall–Kier alpha value is 0.180. The highest BCUT2D eigenvalue weighted by Crippen LogP contribution is 2.22. The molecule has 0 amide bonds. The molecule has 1 saturated heterocycles. The molecule has 0 aromatic heterocycles. The Labute approximate surface area is 135 Å². The highest BCUT2D eigenvalue weighted by atomic mass is 32.2. The largest absolute Gasteiger partial charge is 0.314 e. The third-order valence-electron chi connectivity index (χ3n) is 4.02. The lowest BCUT2D eigenvalue weighted by atomic mass is 9.99. The molecule has 0 spiro atoms. The number of nitrogens with one attached hydrogen (secondary N) is 1. The van der Waals surface area contributed by atoms with E-state index in [0.29, 0.717) is 25.0 Å². The lowest BCUT2D eigenvalue weighted by molar-refractivity contribution is 0.239. The van der Waals surface area contributed by atoms with Crippen molar-refractivity contribution in [2.45, 2.75) is 45.7 Å². The van der Waals surface area contributed by atoms with Gasteiger partial charge in [0.1, 0.15) is 0 Å². The monoisotopic (exact) mass is 337 g/mol. The summed E-state index contributed by atoms with van der Waals surface area (Å²) in [4.78, 5) is 0. The molecule has 0 bridgehead atoms. The van der Waals surface area contributed by atoms with Gasteiger partial charge in [0.2, 0.25) is 0 Å². The van der Waals surface area contributed by atoms with E-state index in [0.717, 1.165) is 25.1 Å². The number of rotatable bonds is 8. The molecule has 21 heavy (non-hydrogen) atoms. The third kappa shape index (κ3) is 5.71. The minimum atomic E-state index is -3.33. The molecule has 1 fully saturated rings. The van der Waals surface area contributed by atoms with Gasteiger partial charge in [0, 0.05) is 38.0 Å². The molecule has 0 aromatic carbocycles. The number of thioether (sulfide) groups is 1. The lowest BCUT2D eigenvalue weighted by Crippen LogP contribution is -2.51. The van der Waals surface area contributed by atoms with Gasteiger partial charge in [-0.25, -0.2) is 0 Å². The van der Waals surface area contributed by atoms with Gasteiger partial charge in [-0.2, -0.15) is 28.8 Å². The summed E-state index contributed by atoms with van der Waals surface area (Å²) >= 11 is 1.68. The van der Waals surface area contributed by atoms with Gasteiger partial charge in [0.15, 0.2) is 0 Å². The summed E-state index contributed by atoms with van der Waals surface area (Å²) in [5, 5.41) is 3.42. The first kappa shape index (κ1) is 19.2. The molecule has 1 aliphatic heterocycles. The quantitative estimate of drug-likeness (QED) is 0.731. The highest BCUT2D eigenvalue weighted by molar-refractivity contribution is 7.98. The summed E-state index contributed by atoms with van der Waals surface area (Å²) in [5.41, 5.74) is 0. The smallest absolute Gasteiger partial charge is 0.282 e. The van der Waals surface area contributed by atoms with E-state index in [1.165, 1.54) is 4.31 Å². The molecular weight excluding hydrogens is 306 g/mol. The van der Waals surface area contributed by atoms with E-state index in [1.807, 2.05) is 13.2 Å². The first-order valence-corrected chi connectivity index (χ1v) is 10.5. The van der Waals surface area contributed by atoms with Crippen LogP contribution in [0.25, 0.3) is 0 Å². The van der Waals surface area contributed by atoms with E-state index >= 15 is 0 Å². The van der Waals surface area contributed by atoms with Crippen LogP contribution in [0.3, 0.4) is 0 Å². The summed E-state index contributed by atoms with van der Waals surface area (Å²) < 4.78 is 28.6. The molecule has 0 radical (unpaired) electrons. The van der Waals surface area contributed by atoms with E-state index < -0.39 is 10.2 Å². The molecule has 0 saturated carbocycles. The Kier molecular flexibility index (Phi) is 7.98. The van der Waals surface area contributed by atoms with Gasteiger partial charge < -0.3 is 5.32 Å². The van der Waals surface area contributed by atoms with Crippen LogP contribution in [-0.4, -0.2) is 67.8 Å². The number of piperidine rings is 1. The highest BCUT2D eigenvalue weighted by Gasteiger charge is 2.33. The molecule has 126 valence electrons. The maximum atomic E-state index is 12.7. The average Bonchev–Trinajstić information content (AvgIpc) is 2.44. The summed E-state index contributed by atoms with van der Waals surface area (Å²) in [7, 11) is -1.63. The van der Waals surface area contributed by atoms with Gasteiger partial charge in [-0.05, 0) is 38.5 Å². The van der Waals surface area contributed by atoms with Gasteiger partial charge >= 0.3 is 0 Å². The molecule has 7 heteroatoms. The molecule has 0 aliphatic carbocycles. The first-order chi connectivity index (χ1) is 9.78. The fourth-order valence-electron chi connectivity index (χ4n) is 2.56. The summed E-state index contributed by atoms with van der Waals surface area (Å²) in [6, 6.07) is 0.473. The van der Waals surface area contributed by atoms with Crippen molar-refractivity contribution in [3.63, 3.8) is 0 Å². The van der Waals surface area contributed by atoms with E-state index in [-0.39, 0.29) is 6.04 Å². The Bertz CT molecular complexity index is 401. The summed E-state index contributed by atoms with van der Waals surface area (Å²) in [6.45, 7) is 8.39. The second kappa shape index (κ2) is 8.72. The van der Waals surface area contributed by atoms with Crippen molar-refractivity contribution in [1.82, 2.24) is 13.9 Å². The van der Waals surface area contributed by atoms with E-state index in [1.54, 1.807) is 23.1 Å². The second-order valence-corrected chi connectivity index (χ2v) is 9.16. The predicted molar refractivity (Wildman–Crippen MR) is 92.0 cm³/mol. The van der Waals surface area contributed by atoms with Crippen molar-refractivity contribution in [1.29, 1.82) is 0 Å². The zero-order chi connectivity index (χ0) is 16.0. The Morgan fingerprint density at radius 3 is 2.62 bits per heavy atom. The van der Waals surface area contributed by atoms with Crippen molar-refractivity contribution in [3.05, 3.63) is 0 Å². The minimum absolute atomic E-state index is 0.0270. The molecule has 5 nitrogen and oxygen atoms in total. The average molecular weight is 338 g/mol. The molecule has 1 N–H and O–H groups in total. The SMILES string of the molecule is CSCC(C)N(C)S(=O)(=O)N1CCCC(CNC(C)C)C1. The second-order valence-electron chi connectivity index (χ2n) is 6.26. The van der Waals surface area contributed by atoms with Crippen molar-refractivity contribution in [3.8, 4) is 0 Å². The van der Waals surface area contributed by atoms with Crippen LogP contribution >= 0.6 is 11.8 Å². The minimum Gasteiger partial charge on any atom is -0.314 e. The standard InChI is InChI=1S/C14H31N3O2S2/c1-12(2)15-9-14-7-6-8-17(10-14)21(18,19)16(4)13(3)11-20-5/h12-15H,6-11H2,1-5H3. The van der Waals surface area contributed by atoms with E-state index in [2.05, 4.69) is 19.2 Å². The van der Waals surface area contributed by atoms with Gasteiger partial charge in [0.25, 0.3) is 10.2 Å². The maximum Gasteiger partial charge on any atom is 0.282 e. The van der Waals surface area contributed by atoms with Gasteiger partial charge in [-0.3, -0.25) is 0 Å². The van der Waals surface area contributed by atoms with Crippen LogP contribution in [0.1, 0.15) is 33.6 Å². The number of hydrogen-bond donors (Lipinski definition) is 1. The van der Waals surface area contributed by atoms with Crippen LogP contribution in [0.2, 0.25) is 0 Å². The Morgan fingerprint density at radius 1 is 1.38 bits per heavy atom. The van der Waals surface area contributed by atoms with Crippen LogP contribution in [0.4, 0.5) is 0 Å². The molecular formula is C14H31N3O2S2. The third-order valence-corrected chi connectivity index (χ3v) is 6.90. The van der Waals surface area contributed by atoms with Crippen LogP contribution in [0.15, 0.2) is 0 Å². The molecule has 2 unspecified atom stereocenters. The molecule has 2 atom stereocenters. The fourth-order valence-corrected chi connectivity index (χ4v) is 5.01. The predicted octanol–water partition coefficient (Wildman–Crippen LogP) is 1.62. The van der Waals surface area contributed by atoms with Gasteiger partial charge in [-0.1, -0.05) is 13.8 Å². The molecule has 1 aliphatic rings. The van der Waals surface area contributed by atoms with Gasteiger partial charge in [0.05, 0.1) is 0 Å². The normalized spacial score (nSPS) is 22.9. The van der Waals surface area contributed by atoms with Crippen molar-refractivity contribution < 1.29 is 8.42 Å². The Balaban J connectivity index is 2.65. The summed E-state index contributed by atoms with van der Waals surface area (Å²) in [6.07, 6.45) is 4.07. The van der Waals surface area contributed by atoms with E-state index in [4.69, 9.17) is 0 Å². The Morgan fingerprint density at radius 2 is 2.05 bits per heavy atom. The van der Waals surface area contributed by atoms with Crippen LogP contribution in [0.5, 0.6) is 0 Å². The van der Waals surface area contributed by atoms with Crippen molar-refractivity contribution in [2.24, 2.45) is 5.92 Å². The zero-order valence-corrected chi connectivity index (χ0v) is 15.6. The number of hydrogen-bond acceptors (Lipinski definition) is 4. The maximum absolute atomic E-state index is 12.7. The van der Waals surface area contributed by atoms with Crippen molar-refractivity contribution in [2.75, 3.05) is 38.7 Å². The van der Waals surface area contributed by atoms with E-state index in [9.17, 15) is 8.42 Å². The lowest BCUT2D eigenvalue weighted by Gasteiger charge is -2.36. The van der Waals surface area contributed by atoms with Gasteiger partial charge in [-0.15, -0.1) is 0 Å². The zero-order valence-electron chi connectivity index (χ0n) is 14.0. The topological polar surface area (TPSA) is 52.7 Å². The fraction of sp³-hybridized carbons (Fsp3) is 1.00. The number of nitrogens with zero attached hydrogens (tertiary/aromatic N) is 2. The summed E-state index contributed by atoms with van der Waals surface area (Å²) in [5.74, 6) is 1.24.